The Kier molecular flexibility index (Phi) is 3.67. The Balaban J connectivity index is 1.46. The zero-order chi connectivity index (χ0) is 18.4. The van der Waals surface area contributed by atoms with E-state index in [1.54, 1.807) is 12.3 Å². The second-order valence-electron chi connectivity index (χ2n) is 7.61. The molecule has 6 nitrogen and oxygen atoms in total. The van der Waals surface area contributed by atoms with E-state index >= 15 is 0 Å². The van der Waals surface area contributed by atoms with Gasteiger partial charge in [-0.25, -0.2) is 0 Å². The van der Waals surface area contributed by atoms with Crippen LogP contribution in [0.2, 0.25) is 0 Å². The largest absolute Gasteiger partial charge is 0.469 e. The van der Waals surface area contributed by atoms with Gasteiger partial charge in [-0.15, -0.1) is 0 Å². The highest BCUT2D eigenvalue weighted by molar-refractivity contribution is 5.95. The minimum atomic E-state index is -0.205. The highest BCUT2D eigenvalue weighted by Gasteiger charge is 2.54. The summed E-state index contributed by atoms with van der Waals surface area (Å²) in [6.45, 7) is 3.19. The minimum absolute atomic E-state index is 0.0294. The summed E-state index contributed by atoms with van der Waals surface area (Å²) in [6, 6.07) is 11.6. The monoisotopic (exact) mass is 363 g/mol. The van der Waals surface area contributed by atoms with Gasteiger partial charge in [0.05, 0.1) is 17.2 Å². The van der Waals surface area contributed by atoms with Crippen LogP contribution in [0, 0.1) is 12.8 Å². The van der Waals surface area contributed by atoms with Crippen molar-refractivity contribution in [3.05, 3.63) is 59.8 Å². The lowest BCUT2D eigenvalue weighted by Crippen LogP contribution is -2.35. The van der Waals surface area contributed by atoms with E-state index in [2.05, 4.69) is 5.16 Å². The summed E-state index contributed by atoms with van der Waals surface area (Å²) >= 11 is 0. The third-order valence-corrected chi connectivity index (χ3v) is 6.14. The molecule has 3 heterocycles. The highest BCUT2D eigenvalue weighted by atomic mass is 16.5. The highest BCUT2D eigenvalue weighted by Crippen LogP contribution is 2.50. The average Bonchev–Trinajstić information content (AvgIpc) is 3.44. The van der Waals surface area contributed by atoms with Crippen molar-refractivity contribution < 1.29 is 13.7 Å². The van der Waals surface area contributed by atoms with Crippen LogP contribution in [0.4, 0.5) is 0 Å². The fourth-order valence-corrected chi connectivity index (χ4v) is 4.71. The number of carbonyl (C=O) groups excluding carboxylic acids is 1. The molecular weight excluding hydrogens is 342 g/mol. The Morgan fingerprint density at radius 3 is 2.89 bits per heavy atom. The zero-order valence-corrected chi connectivity index (χ0v) is 15.2. The number of nitrogens with zero attached hydrogens (tertiary/aromatic N) is 3. The molecule has 0 N–H and O–H groups in total. The number of fused-ring (bicyclic) bond motifs is 1. The van der Waals surface area contributed by atoms with E-state index in [0.717, 1.165) is 37.2 Å². The van der Waals surface area contributed by atoms with E-state index in [9.17, 15) is 4.79 Å². The molecular formula is C21H21N3O3. The van der Waals surface area contributed by atoms with E-state index in [0.29, 0.717) is 29.7 Å². The van der Waals surface area contributed by atoms with Gasteiger partial charge >= 0.3 is 0 Å². The van der Waals surface area contributed by atoms with Gasteiger partial charge in [-0.1, -0.05) is 29.8 Å². The summed E-state index contributed by atoms with van der Waals surface area (Å²) in [6.07, 6.45) is 4.77. The number of furan rings is 1. The first-order valence-electron chi connectivity index (χ1n) is 9.40. The van der Waals surface area contributed by atoms with Gasteiger partial charge in [0.1, 0.15) is 5.76 Å². The maximum absolute atomic E-state index is 13.0. The first-order chi connectivity index (χ1) is 13.2. The lowest BCUT2D eigenvalue weighted by molar-refractivity contribution is 0.0775. The first kappa shape index (κ1) is 16.3. The van der Waals surface area contributed by atoms with Crippen LogP contribution >= 0.6 is 0 Å². The Bertz CT molecular complexity index is 977. The number of carbonyl (C=O) groups is 1. The number of rotatable bonds is 3. The van der Waals surface area contributed by atoms with E-state index in [1.165, 1.54) is 0 Å². The Morgan fingerprint density at radius 1 is 1.26 bits per heavy atom. The van der Waals surface area contributed by atoms with Crippen molar-refractivity contribution in [1.29, 1.82) is 0 Å². The number of amides is 1. The molecule has 1 saturated carbocycles. The molecule has 0 unspecified atom stereocenters. The number of hydrogen-bond acceptors (Lipinski definition) is 5. The molecule has 0 bridgehead atoms. The fraction of sp³-hybridized carbons (Fsp3) is 0.381. The number of hydrogen-bond donors (Lipinski definition) is 0. The van der Waals surface area contributed by atoms with Crippen molar-refractivity contribution in [2.45, 2.75) is 31.6 Å². The molecule has 0 spiro atoms. The van der Waals surface area contributed by atoms with Crippen molar-refractivity contribution in [3.8, 4) is 11.5 Å². The molecule has 27 heavy (non-hydrogen) atoms. The van der Waals surface area contributed by atoms with Gasteiger partial charge in [0.2, 0.25) is 0 Å². The SMILES string of the molecule is Cc1occc1C(=O)N1C[C@H]2CCC[C@@]2(c2noc(-c3ccccc3)n2)C1. The lowest BCUT2D eigenvalue weighted by atomic mass is 9.80. The Labute approximate surface area is 157 Å². The van der Waals surface area contributed by atoms with Crippen molar-refractivity contribution >= 4 is 5.91 Å². The molecule has 3 aromatic rings. The van der Waals surface area contributed by atoms with Crippen molar-refractivity contribution in [3.63, 3.8) is 0 Å². The van der Waals surface area contributed by atoms with Crippen LogP contribution in [0.5, 0.6) is 0 Å². The number of benzene rings is 1. The van der Waals surface area contributed by atoms with Crippen LogP contribution in [0.25, 0.3) is 11.5 Å². The third kappa shape index (κ3) is 2.51. The number of aryl methyl sites for hydroxylation is 1. The van der Waals surface area contributed by atoms with Gasteiger partial charge in [0.15, 0.2) is 5.82 Å². The molecule has 1 aromatic carbocycles. The molecule has 1 amide bonds. The minimum Gasteiger partial charge on any atom is -0.469 e. The maximum Gasteiger partial charge on any atom is 0.257 e. The summed E-state index contributed by atoms with van der Waals surface area (Å²) in [5.74, 6) is 2.35. The normalized spacial score (nSPS) is 24.3. The van der Waals surface area contributed by atoms with Crippen molar-refractivity contribution in [2.24, 2.45) is 5.92 Å². The predicted molar refractivity (Wildman–Crippen MR) is 98.1 cm³/mol. The van der Waals surface area contributed by atoms with Crippen LogP contribution in [0.1, 0.15) is 41.2 Å². The second-order valence-corrected chi connectivity index (χ2v) is 7.61. The third-order valence-electron chi connectivity index (χ3n) is 6.14. The molecule has 2 aromatic heterocycles. The van der Waals surface area contributed by atoms with Gasteiger partial charge in [-0.05, 0) is 43.9 Å². The van der Waals surface area contributed by atoms with Gasteiger partial charge in [-0.3, -0.25) is 4.79 Å². The molecule has 2 aliphatic rings. The quantitative estimate of drug-likeness (QED) is 0.707. The van der Waals surface area contributed by atoms with E-state index < -0.39 is 0 Å². The second kappa shape index (κ2) is 6.08. The van der Waals surface area contributed by atoms with Crippen molar-refractivity contribution in [1.82, 2.24) is 15.0 Å². The molecule has 1 saturated heterocycles. The Hall–Kier alpha value is -2.89. The number of aromatic nitrogens is 2. The molecule has 6 heteroatoms. The number of likely N-dealkylation sites (tertiary alicyclic amines) is 1. The average molecular weight is 363 g/mol. The summed E-state index contributed by atoms with van der Waals surface area (Å²) in [5, 5.41) is 4.34. The van der Waals surface area contributed by atoms with Gasteiger partial charge in [0.25, 0.3) is 11.8 Å². The zero-order valence-electron chi connectivity index (χ0n) is 15.2. The van der Waals surface area contributed by atoms with E-state index in [4.69, 9.17) is 13.9 Å². The van der Waals surface area contributed by atoms with E-state index in [1.807, 2.05) is 42.2 Å². The summed E-state index contributed by atoms with van der Waals surface area (Å²) in [7, 11) is 0. The maximum atomic E-state index is 13.0. The van der Waals surface area contributed by atoms with Gasteiger partial charge in [-0.2, -0.15) is 4.98 Å². The summed E-state index contributed by atoms with van der Waals surface area (Å²) in [5.41, 5.74) is 1.36. The molecule has 5 rings (SSSR count). The topological polar surface area (TPSA) is 72.4 Å². The predicted octanol–water partition coefficient (Wildman–Crippen LogP) is 3.83. The van der Waals surface area contributed by atoms with Crippen LogP contribution < -0.4 is 0 Å². The smallest absolute Gasteiger partial charge is 0.257 e. The Morgan fingerprint density at radius 2 is 2.11 bits per heavy atom. The molecule has 138 valence electrons. The van der Waals surface area contributed by atoms with Crippen LogP contribution in [-0.4, -0.2) is 34.0 Å². The van der Waals surface area contributed by atoms with Gasteiger partial charge < -0.3 is 13.8 Å². The fourth-order valence-electron chi connectivity index (χ4n) is 4.71. The molecule has 0 radical (unpaired) electrons. The lowest BCUT2D eigenvalue weighted by Gasteiger charge is -2.24. The van der Waals surface area contributed by atoms with Gasteiger partial charge in [0, 0.05) is 18.7 Å². The molecule has 2 atom stereocenters. The van der Waals surface area contributed by atoms with Crippen molar-refractivity contribution in [2.75, 3.05) is 13.1 Å². The summed E-state index contributed by atoms with van der Waals surface area (Å²) in [4.78, 5) is 19.6. The standard InChI is InChI=1S/C21H21N3O3/c1-14-17(9-11-26-14)19(25)24-12-16-8-5-10-21(16,13-24)20-22-18(27-23-20)15-6-3-2-4-7-15/h2-4,6-7,9,11,16H,5,8,10,12-13H2,1H3/t16-,21-/m1/s1. The van der Waals surface area contributed by atoms with Crippen LogP contribution in [0.3, 0.4) is 0 Å². The van der Waals surface area contributed by atoms with Crippen LogP contribution in [0.15, 0.2) is 51.6 Å². The van der Waals surface area contributed by atoms with E-state index in [-0.39, 0.29) is 11.3 Å². The van der Waals surface area contributed by atoms with Crippen LogP contribution in [-0.2, 0) is 5.41 Å². The first-order valence-corrected chi connectivity index (χ1v) is 9.40. The summed E-state index contributed by atoms with van der Waals surface area (Å²) < 4.78 is 10.9. The molecule has 2 fully saturated rings. The molecule has 1 aliphatic carbocycles. The molecule has 1 aliphatic heterocycles.